The van der Waals surface area contributed by atoms with Crippen molar-refractivity contribution in [1.82, 2.24) is 25.5 Å². The smallest absolute Gasteiger partial charge is 0.242 e. The lowest BCUT2D eigenvalue weighted by molar-refractivity contribution is -0.121. The monoisotopic (exact) mass is 324 g/mol. The normalized spacial score (nSPS) is 12.1. The van der Waals surface area contributed by atoms with Gasteiger partial charge in [-0.05, 0) is 32.9 Å². The maximum Gasteiger partial charge on any atom is 0.242 e. The Hall–Kier alpha value is -2.96. The number of carbonyl (C=O) groups is 1. The molecule has 2 heterocycles. The highest BCUT2D eigenvalue weighted by Crippen LogP contribution is 2.19. The molecule has 3 rings (SSSR count). The molecule has 1 unspecified atom stereocenters. The number of hydrogen-bond acceptors (Lipinski definition) is 5. The maximum atomic E-state index is 12.4. The minimum Gasteiger partial charge on any atom is -0.358 e. The molecule has 0 aliphatic rings. The van der Waals surface area contributed by atoms with Crippen molar-refractivity contribution in [2.45, 2.75) is 33.4 Å². The van der Waals surface area contributed by atoms with E-state index in [1.54, 1.807) is 6.92 Å². The fourth-order valence-electron chi connectivity index (χ4n) is 2.55. The Morgan fingerprint density at radius 3 is 2.79 bits per heavy atom. The second-order valence-electron chi connectivity index (χ2n) is 5.74. The van der Waals surface area contributed by atoms with E-state index in [-0.39, 0.29) is 5.91 Å². The largest absolute Gasteiger partial charge is 0.358 e. The Balaban J connectivity index is 1.68. The molecule has 2 aromatic heterocycles. The molecule has 7 nitrogen and oxygen atoms in total. The van der Waals surface area contributed by atoms with Crippen molar-refractivity contribution in [2.75, 3.05) is 5.32 Å². The number of anilines is 1. The molecule has 124 valence electrons. The van der Waals surface area contributed by atoms with Gasteiger partial charge in [-0.15, -0.1) is 0 Å². The van der Waals surface area contributed by atoms with Gasteiger partial charge in [-0.1, -0.05) is 12.1 Å². The summed E-state index contributed by atoms with van der Waals surface area (Å²) in [6.07, 6.45) is 1.49. The van der Waals surface area contributed by atoms with Gasteiger partial charge in [0.2, 0.25) is 5.91 Å². The summed E-state index contributed by atoms with van der Waals surface area (Å²) < 4.78 is 0. The van der Waals surface area contributed by atoms with E-state index in [1.807, 2.05) is 38.1 Å². The third-order valence-corrected chi connectivity index (χ3v) is 4.01. The van der Waals surface area contributed by atoms with Crippen LogP contribution in [0.2, 0.25) is 0 Å². The highest BCUT2D eigenvalue weighted by molar-refractivity contribution is 5.91. The summed E-state index contributed by atoms with van der Waals surface area (Å²) in [7, 11) is 0. The van der Waals surface area contributed by atoms with Crippen LogP contribution in [-0.2, 0) is 11.3 Å². The van der Waals surface area contributed by atoms with Gasteiger partial charge in [0.25, 0.3) is 0 Å². The summed E-state index contributed by atoms with van der Waals surface area (Å²) in [5.41, 5.74) is 3.72. The van der Waals surface area contributed by atoms with Crippen molar-refractivity contribution in [3.8, 4) is 0 Å². The Labute approximate surface area is 139 Å². The number of nitrogens with one attached hydrogen (secondary N) is 3. The van der Waals surface area contributed by atoms with Gasteiger partial charge in [0.1, 0.15) is 18.2 Å². The summed E-state index contributed by atoms with van der Waals surface area (Å²) in [5.74, 6) is 0.552. The number of aromatic amines is 1. The first kappa shape index (κ1) is 15.9. The Bertz CT molecular complexity index is 848. The first-order valence-electron chi connectivity index (χ1n) is 7.80. The highest BCUT2D eigenvalue weighted by Gasteiger charge is 2.16. The van der Waals surface area contributed by atoms with Gasteiger partial charge in [0, 0.05) is 23.2 Å². The Morgan fingerprint density at radius 2 is 2.04 bits per heavy atom. The van der Waals surface area contributed by atoms with Gasteiger partial charge in [-0.25, -0.2) is 9.97 Å². The predicted octanol–water partition coefficient (Wildman–Crippen LogP) is 2.09. The van der Waals surface area contributed by atoms with Crippen LogP contribution < -0.4 is 10.6 Å². The van der Waals surface area contributed by atoms with E-state index in [0.717, 1.165) is 27.9 Å². The predicted molar refractivity (Wildman–Crippen MR) is 92.5 cm³/mol. The van der Waals surface area contributed by atoms with Crippen molar-refractivity contribution in [1.29, 1.82) is 0 Å². The van der Waals surface area contributed by atoms with Gasteiger partial charge < -0.3 is 10.6 Å². The van der Waals surface area contributed by atoms with E-state index in [1.165, 1.54) is 6.33 Å². The van der Waals surface area contributed by atoms with Gasteiger partial charge >= 0.3 is 0 Å². The lowest BCUT2D eigenvalue weighted by Gasteiger charge is -2.15. The molecule has 24 heavy (non-hydrogen) atoms. The van der Waals surface area contributed by atoms with E-state index < -0.39 is 6.04 Å². The van der Waals surface area contributed by atoms with Gasteiger partial charge in [0.05, 0.1) is 11.2 Å². The molecule has 3 N–H and O–H groups in total. The average Bonchev–Trinajstić information content (AvgIpc) is 2.91. The maximum absolute atomic E-state index is 12.4. The van der Waals surface area contributed by atoms with Crippen LogP contribution in [0.3, 0.4) is 0 Å². The number of amides is 1. The average molecular weight is 324 g/mol. The molecule has 0 fully saturated rings. The Morgan fingerprint density at radius 1 is 1.25 bits per heavy atom. The van der Waals surface area contributed by atoms with Crippen molar-refractivity contribution >= 4 is 22.6 Å². The Kier molecular flexibility index (Phi) is 4.41. The molecule has 1 atom stereocenters. The number of nitrogens with zero attached hydrogens (tertiary/aromatic N) is 3. The number of rotatable bonds is 5. The number of para-hydroxylation sites is 1. The fraction of sp³-hybridized carbons (Fsp3) is 0.294. The van der Waals surface area contributed by atoms with Crippen molar-refractivity contribution in [3.05, 3.63) is 47.5 Å². The molecule has 0 aliphatic heterocycles. The molecule has 1 aromatic carbocycles. The lowest BCUT2D eigenvalue weighted by atomic mass is 10.2. The third kappa shape index (κ3) is 3.19. The number of fused-ring (bicyclic) bond motifs is 1. The van der Waals surface area contributed by atoms with Gasteiger partial charge in [-0.2, -0.15) is 5.10 Å². The molecule has 1 amide bonds. The number of aryl methyl sites for hydroxylation is 2. The van der Waals surface area contributed by atoms with Crippen LogP contribution in [-0.4, -0.2) is 32.1 Å². The van der Waals surface area contributed by atoms with Crippen LogP contribution in [0.4, 0.5) is 5.82 Å². The summed E-state index contributed by atoms with van der Waals surface area (Å²) in [5, 5.41) is 14.0. The zero-order valence-electron chi connectivity index (χ0n) is 13.9. The van der Waals surface area contributed by atoms with Crippen molar-refractivity contribution in [3.63, 3.8) is 0 Å². The molecule has 0 aliphatic carbocycles. The molecule has 7 heteroatoms. The standard InChI is InChI=1S/C17H20N6O/c1-10-14(11(2)23-22-10)8-18-17(24)12(3)21-16-13-6-4-5-7-15(13)19-9-20-16/h4-7,9,12H,8H2,1-3H3,(H,18,24)(H,22,23)(H,19,20,21). The second kappa shape index (κ2) is 6.66. The molecule has 0 spiro atoms. The summed E-state index contributed by atoms with van der Waals surface area (Å²) in [6, 6.07) is 7.27. The SMILES string of the molecule is Cc1n[nH]c(C)c1CNC(=O)C(C)Nc1ncnc2ccccc12. The van der Waals surface area contributed by atoms with Crippen LogP contribution in [0.15, 0.2) is 30.6 Å². The molecule has 0 radical (unpaired) electrons. The molecule has 0 saturated heterocycles. The topological polar surface area (TPSA) is 95.6 Å². The van der Waals surface area contributed by atoms with E-state index in [4.69, 9.17) is 0 Å². The molecule has 0 bridgehead atoms. The summed E-state index contributed by atoms with van der Waals surface area (Å²) in [4.78, 5) is 20.8. The minimum absolute atomic E-state index is 0.0994. The molecular weight excluding hydrogens is 304 g/mol. The van der Waals surface area contributed by atoms with Crippen molar-refractivity contribution < 1.29 is 4.79 Å². The summed E-state index contributed by atoms with van der Waals surface area (Å²) in [6.45, 7) is 6.11. The van der Waals surface area contributed by atoms with Crippen molar-refractivity contribution in [2.24, 2.45) is 0 Å². The number of carbonyl (C=O) groups excluding carboxylic acids is 1. The third-order valence-electron chi connectivity index (χ3n) is 4.01. The first-order valence-corrected chi connectivity index (χ1v) is 7.80. The van der Waals surface area contributed by atoms with E-state index in [2.05, 4.69) is 30.8 Å². The summed E-state index contributed by atoms with van der Waals surface area (Å²) >= 11 is 0. The zero-order valence-corrected chi connectivity index (χ0v) is 13.9. The minimum atomic E-state index is -0.421. The molecular formula is C17H20N6O. The van der Waals surface area contributed by atoms with Gasteiger partial charge in [-0.3, -0.25) is 9.89 Å². The second-order valence-corrected chi connectivity index (χ2v) is 5.74. The van der Waals surface area contributed by atoms with Crippen LogP contribution >= 0.6 is 0 Å². The van der Waals surface area contributed by atoms with E-state index in [9.17, 15) is 4.79 Å². The van der Waals surface area contributed by atoms with Crippen LogP contribution in [0, 0.1) is 13.8 Å². The molecule has 3 aromatic rings. The lowest BCUT2D eigenvalue weighted by Crippen LogP contribution is -2.37. The highest BCUT2D eigenvalue weighted by atomic mass is 16.2. The quantitative estimate of drug-likeness (QED) is 0.668. The fourth-order valence-corrected chi connectivity index (χ4v) is 2.55. The van der Waals surface area contributed by atoms with E-state index >= 15 is 0 Å². The van der Waals surface area contributed by atoms with Crippen LogP contribution in [0.1, 0.15) is 23.9 Å². The molecule has 0 saturated carbocycles. The number of hydrogen-bond donors (Lipinski definition) is 3. The first-order chi connectivity index (χ1) is 11.6. The zero-order chi connectivity index (χ0) is 17.1. The number of benzene rings is 1. The number of H-pyrrole nitrogens is 1. The van der Waals surface area contributed by atoms with E-state index in [0.29, 0.717) is 12.4 Å². The van der Waals surface area contributed by atoms with Gasteiger partial charge in [0.15, 0.2) is 0 Å². The van der Waals surface area contributed by atoms with Crippen LogP contribution in [0.5, 0.6) is 0 Å². The number of aromatic nitrogens is 4. The van der Waals surface area contributed by atoms with Crippen LogP contribution in [0.25, 0.3) is 10.9 Å².